The van der Waals surface area contributed by atoms with Crippen LogP contribution in [0.15, 0.2) is 0 Å². The van der Waals surface area contributed by atoms with Crippen LogP contribution in [-0.2, 0) is 9.53 Å². The second-order valence-electron chi connectivity index (χ2n) is 5.13. The molecule has 2 heterocycles. The van der Waals surface area contributed by atoms with Crippen LogP contribution in [0.5, 0.6) is 0 Å². The molecule has 1 unspecified atom stereocenters. The Morgan fingerprint density at radius 2 is 1.82 bits per heavy atom. The highest BCUT2D eigenvalue weighted by Crippen LogP contribution is 2.45. The van der Waals surface area contributed by atoms with Crippen LogP contribution in [0.3, 0.4) is 0 Å². The molecule has 2 saturated heterocycles. The molecule has 2 aliphatic rings. The van der Waals surface area contributed by atoms with E-state index in [1.165, 1.54) is 0 Å². The molecule has 3 N–H and O–H groups in total. The average Bonchev–Trinajstić information content (AvgIpc) is 2.56. The summed E-state index contributed by atoms with van der Waals surface area (Å²) in [6.07, 6.45) is 2.69. The minimum atomic E-state index is -1.11. The van der Waals surface area contributed by atoms with Crippen molar-refractivity contribution < 1.29 is 19.7 Å². The number of hydrogen-bond acceptors (Lipinski definition) is 4. The lowest BCUT2D eigenvalue weighted by Gasteiger charge is -2.46. The maximum atomic E-state index is 11.7. The summed E-state index contributed by atoms with van der Waals surface area (Å²) in [5, 5.41) is 23.5. The molecule has 2 aliphatic heterocycles. The number of nitrogens with one attached hydrogen (secondary N) is 1. The van der Waals surface area contributed by atoms with E-state index in [0.29, 0.717) is 52.0 Å². The predicted molar refractivity (Wildman–Crippen MR) is 61.8 cm³/mol. The molecular weight excluding hydrogens is 222 g/mol. The van der Waals surface area contributed by atoms with E-state index in [1.807, 2.05) is 0 Å². The van der Waals surface area contributed by atoms with E-state index in [9.17, 15) is 15.0 Å². The number of hydrogen-bond donors (Lipinski definition) is 3. The maximum absolute atomic E-state index is 11.7. The Bertz CT molecular complexity index is 278. The van der Waals surface area contributed by atoms with Crippen molar-refractivity contribution in [2.24, 2.45) is 5.41 Å². The molecule has 0 saturated carbocycles. The van der Waals surface area contributed by atoms with Crippen molar-refractivity contribution in [2.75, 3.05) is 26.3 Å². The van der Waals surface area contributed by atoms with E-state index in [1.54, 1.807) is 0 Å². The molecule has 0 aromatic heterocycles. The van der Waals surface area contributed by atoms with Crippen LogP contribution in [0, 0.1) is 5.41 Å². The molecular formula is C12H21NO4. The number of carboxylic acid groups (broad SMARTS) is 1. The van der Waals surface area contributed by atoms with Crippen LogP contribution in [0.2, 0.25) is 0 Å². The molecule has 0 aromatic carbocycles. The third kappa shape index (κ3) is 2.19. The van der Waals surface area contributed by atoms with E-state index in [-0.39, 0.29) is 0 Å². The van der Waals surface area contributed by atoms with Gasteiger partial charge in [0.05, 0.1) is 11.0 Å². The Morgan fingerprint density at radius 1 is 1.12 bits per heavy atom. The van der Waals surface area contributed by atoms with Crippen molar-refractivity contribution in [3.05, 3.63) is 0 Å². The van der Waals surface area contributed by atoms with Gasteiger partial charge in [-0.25, -0.2) is 0 Å². The van der Waals surface area contributed by atoms with E-state index in [2.05, 4.69) is 5.32 Å². The van der Waals surface area contributed by atoms with Gasteiger partial charge in [-0.05, 0) is 38.8 Å². The molecule has 0 bridgehead atoms. The molecule has 5 heteroatoms. The highest BCUT2D eigenvalue weighted by Gasteiger charge is 2.55. The normalized spacial score (nSPS) is 33.9. The molecule has 0 amide bonds. The first-order chi connectivity index (χ1) is 8.11. The summed E-state index contributed by atoms with van der Waals surface area (Å²) in [6, 6.07) is 0. The fourth-order valence-electron chi connectivity index (χ4n) is 3.15. The molecule has 17 heavy (non-hydrogen) atoms. The van der Waals surface area contributed by atoms with E-state index in [0.717, 1.165) is 6.42 Å². The molecule has 5 nitrogen and oxygen atoms in total. The third-order valence-electron chi connectivity index (χ3n) is 4.30. The first-order valence-corrected chi connectivity index (χ1v) is 6.35. The van der Waals surface area contributed by atoms with Gasteiger partial charge in [0.15, 0.2) is 0 Å². The lowest BCUT2D eigenvalue weighted by Crippen LogP contribution is -2.58. The van der Waals surface area contributed by atoms with Crippen LogP contribution in [0.1, 0.15) is 32.1 Å². The zero-order valence-electron chi connectivity index (χ0n) is 10.1. The van der Waals surface area contributed by atoms with Gasteiger partial charge >= 0.3 is 5.97 Å². The Labute approximate surface area is 101 Å². The molecule has 0 aromatic rings. The van der Waals surface area contributed by atoms with Gasteiger partial charge in [0, 0.05) is 19.6 Å². The zero-order chi connectivity index (χ0) is 12.4. The maximum Gasteiger partial charge on any atom is 0.312 e. The number of carboxylic acids is 1. The summed E-state index contributed by atoms with van der Waals surface area (Å²) in [6.45, 7) is 2.40. The Kier molecular flexibility index (Phi) is 3.70. The summed E-state index contributed by atoms with van der Waals surface area (Å²) in [4.78, 5) is 11.7. The van der Waals surface area contributed by atoms with Gasteiger partial charge < -0.3 is 20.3 Å². The smallest absolute Gasteiger partial charge is 0.312 e. The first kappa shape index (κ1) is 12.8. The van der Waals surface area contributed by atoms with Crippen molar-refractivity contribution in [1.29, 1.82) is 0 Å². The Hall–Kier alpha value is -0.650. The van der Waals surface area contributed by atoms with Crippen LogP contribution < -0.4 is 5.32 Å². The highest BCUT2D eigenvalue weighted by molar-refractivity contribution is 5.76. The second kappa shape index (κ2) is 4.92. The zero-order valence-corrected chi connectivity index (χ0v) is 10.1. The van der Waals surface area contributed by atoms with Crippen molar-refractivity contribution in [1.82, 2.24) is 5.32 Å². The van der Waals surface area contributed by atoms with Gasteiger partial charge in [0.2, 0.25) is 0 Å². The van der Waals surface area contributed by atoms with Crippen molar-refractivity contribution in [3.63, 3.8) is 0 Å². The minimum absolute atomic E-state index is 0.430. The van der Waals surface area contributed by atoms with E-state index >= 15 is 0 Å². The average molecular weight is 243 g/mol. The number of rotatable bonds is 2. The molecule has 98 valence electrons. The highest BCUT2D eigenvalue weighted by atomic mass is 16.5. The summed E-state index contributed by atoms with van der Waals surface area (Å²) in [5.74, 6) is -0.858. The molecule has 0 spiro atoms. The quantitative estimate of drug-likeness (QED) is 0.653. The summed E-state index contributed by atoms with van der Waals surface area (Å²) in [7, 11) is 0. The minimum Gasteiger partial charge on any atom is -0.481 e. The van der Waals surface area contributed by atoms with Gasteiger partial charge in [0.25, 0.3) is 0 Å². The van der Waals surface area contributed by atoms with Gasteiger partial charge in [-0.2, -0.15) is 0 Å². The molecule has 1 atom stereocenters. The van der Waals surface area contributed by atoms with Gasteiger partial charge in [-0.3, -0.25) is 4.79 Å². The summed E-state index contributed by atoms with van der Waals surface area (Å²) < 4.78 is 5.34. The largest absolute Gasteiger partial charge is 0.481 e. The van der Waals surface area contributed by atoms with Crippen LogP contribution in [0.25, 0.3) is 0 Å². The lowest BCUT2D eigenvalue weighted by molar-refractivity contribution is -0.177. The fourth-order valence-corrected chi connectivity index (χ4v) is 3.15. The van der Waals surface area contributed by atoms with E-state index < -0.39 is 17.0 Å². The SMILES string of the molecule is O=C(O)C1(C2(O)CCCOCC2)CCNCC1. The van der Waals surface area contributed by atoms with Crippen molar-refractivity contribution >= 4 is 5.97 Å². The number of piperidine rings is 1. The van der Waals surface area contributed by atoms with Gasteiger partial charge in [-0.15, -0.1) is 0 Å². The molecule has 2 rings (SSSR count). The molecule has 2 fully saturated rings. The standard InChI is InChI=1S/C12H21NO4/c14-10(15)11(3-6-13-7-4-11)12(16)2-1-8-17-9-5-12/h13,16H,1-9H2,(H,14,15). The fraction of sp³-hybridized carbons (Fsp3) is 0.917. The van der Waals surface area contributed by atoms with Crippen LogP contribution >= 0.6 is 0 Å². The van der Waals surface area contributed by atoms with Gasteiger partial charge in [-0.1, -0.05) is 0 Å². The van der Waals surface area contributed by atoms with Crippen molar-refractivity contribution in [3.8, 4) is 0 Å². The number of ether oxygens (including phenoxy) is 1. The van der Waals surface area contributed by atoms with Crippen LogP contribution in [0.4, 0.5) is 0 Å². The molecule has 0 radical (unpaired) electrons. The monoisotopic (exact) mass is 243 g/mol. The molecule has 0 aliphatic carbocycles. The van der Waals surface area contributed by atoms with Gasteiger partial charge in [0.1, 0.15) is 0 Å². The summed E-state index contributed by atoms with van der Waals surface area (Å²) >= 11 is 0. The Balaban J connectivity index is 2.26. The predicted octanol–water partition coefficient (Wildman–Crippen LogP) is 0.372. The Morgan fingerprint density at radius 3 is 2.47 bits per heavy atom. The summed E-state index contributed by atoms with van der Waals surface area (Å²) in [5.41, 5.74) is -2.11. The van der Waals surface area contributed by atoms with E-state index in [4.69, 9.17) is 4.74 Å². The number of carbonyl (C=O) groups is 1. The second-order valence-corrected chi connectivity index (χ2v) is 5.13. The third-order valence-corrected chi connectivity index (χ3v) is 4.30. The van der Waals surface area contributed by atoms with Crippen molar-refractivity contribution in [2.45, 2.75) is 37.7 Å². The number of aliphatic carboxylic acids is 1. The van der Waals surface area contributed by atoms with Crippen LogP contribution in [-0.4, -0.2) is 48.1 Å². The first-order valence-electron chi connectivity index (χ1n) is 6.35. The lowest BCUT2D eigenvalue weighted by atomic mass is 9.63. The number of aliphatic hydroxyl groups is 1. The topological polar surface area (TPSA) is 78.8 Å².